The van der Waals surface area contributed by atoms with E-state index in [4.69, 9.17) is 14.2 Å². The zero-order valence-electron chi connectivity index (χ0n) is 11.0. The third kappa shape index (κ3) is 6.47. The van der Waals surface area contributed by atoms with Crippen LogP contribution in [0.15, 0.2) is 18.2 Å². The fourth-order valence-electron chi connectivity index (χ4n) is 1.36. The molecule has 0 atom stereocenters. The maximum absolute atomic E-state index is 13.2. The average molecular weight is 275 g/mol. The van der Waals surface area contributed by atoms with Gasteiger partial charge in [-0.05, 0) is 12.1 Å². The molecule has 0 spiro atoms. The molecule has 0 aromatic heterocycles. The summed E-state index contributed by atoms with van der Waals surface area (Å²) in [6, 6.07) is 4.01. The van der Waals surface area contributed by atoms with Crippen molar-refractivity contribution >= 4 is 5.69 Å². The van der Waals surface area contributed by atoms with Crippen molar-refractivity contribution in [3.8, 4) is 0 Å². The highest BCUT2D eigenvalue weighted by atomic mass is 19.2. The summed E-state index contributed by atoms with van der Waals surface area (Å²) in [6.45, 7) is 2.82. The fraction of sp³-hybridized carbons (Fsp3) is 0.538. The second-order valence-electron chi connectivity index (χ2n) is 3.75. The minimum Gasteiger partial charge on any atom is -0.382 e. The summed E-state index contributed by atoms with van der Waals surface area (Å²) in [4.78, 5) is 0. The Morgan fingerprint density at radius 3 is 2.42 bits per heavy atom. The maximum atomic E-state index is 13.2. The molecule has 1 aromatic carbocycles. The standard InChI is InChI=1S/C13H19F2NO3/c1-17-7-8-19-10-9-18-6-5-16-12-4-2-3-11(14)13(12)15/h2-4,16H,5-10H2,1H3. The van der Waals surface area contributed by atoms with Gasteiger partial charge < -0.3 is 19.5 Å². The van der Waals surface area contributed by atoms with E-state index >= 15 is 0 Å². The molecule has 0 aliphatic carbocycles. The zero-order chi connectivity index (χ0) is 13.9. The second-order valence-corrected chi connectivity index (χ2v) is 3.75. The van der Waals surface area contributed by atoms with Crippen LogP contribution in [-0.4, -0.2) is 46.7 Å². The van der Waals surface area contributed by atoms with E-state index in [0.29, 0.717) is 39.6 Å². The van der Waals surface area contributed by atoms with Gasteiger partial charge >= 0.3 is 0 Å². The summed E-state index contributed by atoms with van der Waals surface area (Å²) in [6.07, 6.45) is 0. The molecule has 108 valence electrons. The molecule has 0 amide bonds. The van der Waals surface area contributed by atoms with Gasteiger partial charge in [0.25, 0.3) is 0 Å². The van der Waals surface area contributed by atoms with E-state index in [0.717, 1.165) is 6.07 Å². The Bertz CT molecular complexity index is 364. The van der Waals surface area contributed by atoms with E-state index in [1.807, 2.05) is 0 Å². The van der Waals surface area contributed by atoms with Crippen LogP contribution in [0.1, 0.15) is 0 Å². The first kappa shape index (κ1) is 15.8. The van der Waals surface area contributed by atoms with Crippen molar-refractivity contribution in [1.82, 2.24) is 0 Å². The first-order valence-electron chi connectivity index (χ1n) is 6.08. The highest BCUT2D eigenvalue weighted by Gasteiger charge is 2.05. The molecule has 19 heavy (non-hydrogen) atoms. The molecule has 0 unspecified atom stereocenters. The molecular weight excluding hydrogens is 256 g/mol. The smallest absolute Gasteiger partial charge is 0.181 e. The van der Waals surface area contributed by atoms with Crippen LogP contribution in [0.5, 0.6) is 0 Å². The first-order chi connectivity index (χ1) is 9.25. The number of halogens is 2. The summed E-state index contributed by atoms with van der Waals surface area (Å²) in [5.74, 6) is -1.73. The van der Waals surface area contributed by atoms with Crippen LogP contribution in [0, 0.1) is 11.6 Å². The van der Waals surface area contributed by atoms with Crippen LogP contribution in [0.4, 0.5) is 14.5 Å². The van der Waals surface area contributed by atoms with Crippen molar-refractivity contribution in [3.05, 3.63) is 29.8 Å². The van der Waals surface area contributed by atoms with E-state index in [1.54, 1.807) is 7.11 Å². The van der Waals surface area contributed by atoms with E-state index in [2.05, 4.69) is 5.32 Å². The lowest BCUT2D eigenvalue weighted by Gasteiger charge is -2.08. The summed E-state index contributed by atoms with van der Waals surface area (Å²) < 4.78 is 41.4. The predicted octanol–water partition coefficient (Wildman–Crippen LogP) is 2.06. The number of benzene rings is 1. The molecule has 1 rings (SSSR count). The first-order valence-corrected chi connectivity index (χ1v) is 6.08. The zero-order valence-corrected chi connectivity index (χ0v) is 11.0. The number of methoxy groups -OCH3 is 1. The summed E-state index contributed by atoms with van der Waals surface area (Å²) >= 11 is 0. The van der Waals surface area contributed by atoms with Crippen LogP contribution >= 0.6 is 0 Å². The van der Waals surface area contributed by atoms with Crippen LogP contribution in [0.2, 0.25) is 0 Å². The Morgan fingerprint density at radius 1 is 1.00 bits per heavy atom. The number of hydrogen-bond donors (Lipinski definition) is 1. The van der Waals surface area contributed by atoms with Crippen molar-refractivity contribution in [1.29, 1.82) is 0 Å². The maximum Gasteiger partial charge on any atom is 0.181 e. The molecule has 4 nitrogen and oxygen atoms in total. The fourth-order valence-corrected chi connectivity index (χ4v) is 1.36. The number of rotatable bonds is 10. The van der Waals surface area contributed by atoms with Crippen molar-refractivity contribution in [3.63, 3.8) is 0 Å². The van der Waals surface area contributed by atoms with Crippen molar-refractivity contribution in [2.45, 2.75) is 0 Å². The Kier molecular flexibility index (Phi) is 8.04. The number of hydrogen-bond acceptors (Lipinski definition) is 4. The molecule has 0 radical (unpaired) electrons. The minimum absolute atomic E-state index is 0.139. The number of nitrogens with one attached hydrogen (secondary N) is 1. The van der Waals surface area contributed by atoms with Gasteiger partial charge in [0.15, 0.2) is 11.6 Å². The number of anilines is 1. The third-order valence-corrected chi connectivity index (χ3v) is 2.32. The van der Waals surface area contributed by atoms with Gasteiger partial charge in [-0.15, -0.1) is 0 Å². The molecule has 0 heterocycles. The Morgan fingerprint density at radius 2 is 1.68 bits per heavy atom. The molecule has 0 aliphatic rings. The van der Waals surface area contributed by atoms with Gasteiger partial charge in [0.05, 0.1) is 38.7 Å². The summed E-state index contributed by atoms with van der Waals surface area (Å²) in [7, 11) is 1.61. The van der Waals surface area contributed by atoms with Gasteiger partial charge in [0.1, 0.15) is 0 Å². The lowest BCUT2D eigenvalue weighted by atomic mass is 10.3. The van der Waals surface area contributed by atoms with Gasteiger partial charge in [0, 0.05) is 13.7 Å². The minimum atomic E-state index is -0.870. The lowest BCUT2D eigenvalue weighted by molar-refractivity contribution is 0.0272. The highest BCUT2D eigenvalue weighted by Crippen LogP contribution is 2.15. The Hall–Kier alpha value is -1.24. The van der Waals surface area contributed by atoms with Gasteiger partial charge in [-0.3, -0.25) is 0 Å². The molecule has 6 heteroatoms. The quantitative estimate of drug-likeness (QED) is 0.663. The van der Waals surface area contributed by atoms with Crippen molar-refractivity contribution in [2.75, 3.05) is 52.0 Å². The molecule has 1 aromatic rings. The van der Waals surface area contributed by atoms with E-state index in [-0.39, 0.29) is 5.69 Å². The van der Waals surface area contributed by atoms with Crippen LogP contribution < -0.4 is 5.32 Å². The monoisotopic (exact) mass is 275 g/mol. The molecule has 0 aliphatic heterocycles. The third-order valence-electron chi connectivity index (χ3n) is 2.32. The van der Waals surface area contributed by atoms with E-state index in [9.17, 15) is 8.78 Å². The molecule has 0 saturated heterocycles. The van der Waals surface area contributed by atoms with Gasteiger partial charge in [-0.1, -0.05) is 6.07 Å². The Labute approximate surface area is 111 Å². The topological polar surface area (TPSA) is 39.7 Å². The molecular formula is C13H19F2NO3. The largest absolute Gasteiger partial charge is 0.382 e. The normalized spacial score (nSPS) is 10.7. The second kappa shape index (κ2) is 9.66. The SMILES string of the molecule is COCCOCCOCCNc1cccc(F)c1F. The van der Waals surface area contributed by atoms with Crippen molar-refractivity contribution < 1.29 is 23.0 Å². The molecule has 1 N–H and O–H groups in total. The summed E-state index contributed by atoms with van der Waals surface area (Å²) in [5.41, 5.74) is 0.139. The van der Waals surface area contributed by atoms with Gasteiger partial charge in [0.2, 0.25) is 0 Å². The van der Waals surface area contributed by atoms with Crippen LogP contribution in [0.3, 0.4) is 0 Å². The van der Waals surface area contributed by atoms with E-state index < -0.39 is 11.6 Å². The molecule has 0 fully saturated rings. The summed E-state index contributed by atoms with van der Waals surface area (Å²) in [5, 5.41) is 2.76. The number of ether oxygens (including phenoxy) is 3. The lowest BCUT2D eigenvalue weighted by Crippen LogP contribution is -2.14. The van der Waals surface area contributed by atoms with E-state index in [1.165, 1.54) is 12.1 Å². The molecule has 0 saturated carbocycles. The van der Waals surface area contributed by atoms with Crippen LogP contribution in [0.25, 0.3) is 0 Å². The average Bonchev–Trinajstić information content (AvgIpc) is 2.41. The molecule has 0 bridgehead atoms. The van der Waals surface area contributed by atoms with Gasteiger partial charge in [-0.2, -0.15) is 0 Å². The van der Waals surface area contributed by atoms with Crippen LogP contribution in [-0.2, 0) is 14.2 Å². The highest BCUT2D eigenvalue weighted by molar-refractivity contribution is 5.44. The van der Waals surface area contributed by atoms with Crippen molar-refractivity contribution in [2.24, 2.45) is 0 Å². The Balaban J connectivity index is 2.03. The van der Waals surface area contributed by atoms with Gasteiger partial charge in [-0.25, -0.2) is 8.78 Å². The predicted molar refractivity (Wildman–Crippen MR) is 68.4 cm³/mol.